The Labute approximate surface area is 188 Å². The van der Waals surface area contributed by atoms with E-state index in [0.717, 1.165) is 30.3 Å². The Morgan fingerprint density at radius 3 is 2.38 bits per heavy atom. The smallest absolute Gasteiger partial charge is 0.257 e. The number of carbonyl (C=O) groups is 1. The van der Waals surface area contributed by atoms with Crippen molar-refractivity contribution in [1.29, 1.82) is 0 Å². The second-order valence-electron chi connectivity index (χ2n) is 8.20. The number of aromatic nitrogens is 3. The van der Waals surface area contributed by atoms with E-state index >= 15 is 0 Å². The van der Waals surface area contributed by atoms with Gasteiger partial charge in [-0.25, -0.2) is 9.97 Å². The topological polar surface area (TPSA) is 85.8 Å². The fourth-order valence-electron chi connectivity index (χ4n) is 4.07. The van der Waals surface area contributed by atoms with Crippen LogP contribution in [0.1, 0.15) is 54.9 Å². The molecular weight excluding hydrogens is 398 g/mol. The van der Waals surface area contributed by atoms with Crippen molar-refractivity contribution < 1.29 is 4.79 Å². The van der Waals surface area contributed by atoms with E-state index < -0.39 is 0 Å². The number of benzene rings is 2. The molecule has 0 spiro atoms. The van der Waals surface area contributed by atoms with Gasteiger partial charge in [0.25, 0.3) is 5.91 Å². The van der Waals surface area contributed by atoms with Crippen molar-refractivity contribution in [3.8, 4) is 0 Å². The van der Waals surface area contributed by atoms with E-state index in [-0.39, 0.29) is 5.91 Å². The molecular formula is C26H31N5O. The number of nitrogens with two attached hydrogens (primary N) is 1. The monoisotopic (exact) mass is 429 g/mol. The van der Waals surface area contributed by atoms with Crippen LogP contribution in [0.5, 0.6) is 0 Å². The van der Waals surface area contributed by atoms with Gasteiger partial charge in [-0.2, -0.15) is 0 Å². The normalized spacial score (nSPS) is 11.3. The zero-order chi connectivity index (χ0) is 22.3. The number of hydrogen-bond donors (Lipinski definition) is 2. The molecule has 4 rings (SSSR count). The summed E-state index contributed by atoms with van der Waals surface area (Å²) < 4.78 is 1.93. The van der Waals surface area contributed by atoms with Crippen molar-refractivity contribution >= 4 is 33.9 Å². The van der Waals surface area contributed by atoms with Gasteiger partial charge in [0, 0.05) is 13.1 Å². The fraction of sp³-hybridized carbons (Fsp3) is 0.346. The third kappa shape index (κ3) is 4.74. The minimum Gasteiger partial charge on any atom is -0.384 e. The molecule has 0 aliphatic carbocycles. The lowest BCUT2D eigenvalue weighted by molar-refractivity contribution is 0.0955. The molecule has 2 heterocycles. The molecule has 0 aliphatic rings. The van der Waals surface area contributed by atoms with Gasteiger partial charge in [0.15, 0.2) is 5.65 Å². The predicted molar refractivity (Wildman–Crippen MR) is 131 cm³/mol. The zero-order valence-corrected chi connectivity index (χ0v) is 18.7. The largest absolute Gasteiger partial charge is 0.384 e. The summed E-state index contributed by atoms with van der Waals surface area (Å²) in [6.07, 6.45) is 6.52. The molecule has 3 N–H and O–H groups in total. The highest BCUT2D eigenvalue weighted by Gasteiger charge is 2.23. The van der Waals surface area contributed by atoms with Crippen LogP contribution < -0.4 is 11.1 Å². The molecule has 0 saturated heterocycles. The second kappa shape index (κ2) is 10.3. The van der Waals surface area contributed by atoms with Crippen LogP contribution in [0.15, 0.2) is 54.6 Å². The molecule has 32 heavy (non-hydrogen) atoms. The van der Waals surface area contributed by atoms with Crippen LogP contribution in [0.25, 0.3) is 22.2 Å². The van der Waals surface area contributed by atoms with E-state index in [1.807, 2.05) is 47.0 Å². The van der Waals surface area contributed by atoms with Crippen molar-refractivity contribution in [2.75, 3.05) is 12.3 Å². The number of anilines is 1. The number of nitrogens with one attached hydrogen (secondary N) is 1. The first-order valence-corrected chi connectivity index (χ1v) is 11.6. The first-order valence-electron chi connectivity index (χ1n) is 11.6. The van der Waals surface area contributed by atoms with Gasteiger partial charge in [-0.05, 0) is 30.5 Å². The van der Waals surface area contributed by atoms with Gasteiger partial charge in [-0.1, -0.05) is 75.1 Å². The molecule has 166 valence electrons. The molecule has 0 unspecified atom stereocenters. The lowest BCUT2D eigenvalue weighted by Gasteiger charge is -2.08. The molecule has 0 aliphatic heterocycles. The SMILES string of the molecule is CCCCCCCNC(=O)c1c(N)n(CCc2ccccc2)c2nc3ccccc3nc12. The minimum atomic E-state index is -0.175. The maximum atomic E-state index is 13.1. The molecule has 2 aromatic heterocycles. The van der Waals surface area contributed by atoms with E-state index in [9.17, 15) is 4.79 Å². The number of fused-ring (bicyclic) bond motifs is 2. The van der Waals surface area contributed by atoms with Gasteiger partial charge in [-0.3, -0.25) is 4.79 Å². The number of rotatable bonds is 10. The first-order chi connectivity index (χ1) is 15.7. The van der Waals surface area contributed by atoms with Gasteiger partial charge < -0.3 is 15.6 Å². The molecule has 0 fully saturated rings. The zero-order valence-electron chi connectivity index (χ0n) is 18.7. The number of nitrogens with zero attached hydrogens (tertiary/aromatic N) is 3. The van der Waals surface area contributed by atoms with E-state index in [1.165, 1.54) is 24.8 Å². The molecule has 6 heteroatoms. The number of amides is 1. The summed E-state index contributed by atoms with van der Waals surface area (Å²) in [4.78, 5) is 22.7. The Balaban J connectivity index is 1.64. The number of para-hydroxylation sites is 2. The molecule has 0 saturated carbocycles. The second-order valence-corrected chi connectivity index (χ2v) is 8.20. The highest BCUT2D eigenvalue weighted by atomic mass is 16.1. The van der Waals surface area contributed by atoms with Gasteiger partial charge in [0.2, 0.25) is 0 Å². The fourth-order valence-corrected chi connectivity index (χ4v) is 4.07. The average Bonchev–Trinajstić information content (AvgIpc) is 3.09. The van der Waals surface area contributed by atoms with Gasteiger partial charge >= 0.3 is 0 Å². The van der Waals surface area contributed by atoms with Crippen LogP contribution in [0.3, 0.4) is 0 Å². The highest BCUT2D eigenvalue weighted by Crippen LogP contribution is 2.28. The lowest BCUT2D eigenvalue weighted by Crippen LogP contribution is -2.25. The standard InChI is InChI=1S/C26H31N5O/c1-2-3-4-5-11-17-28-26(32)22-23-25(30-21-15-10-9-14-20(21)29-23)31(24(22)27)18-16-19-12-7-6-8-13-19/h6-10,12-15H,2-5,11,16-18,27H2,1H3,(H,28,32). The molecule has 0 radical (unpaired) electrons. The quantitative estimate of drug-likeness (QED) is 0.343. The van der Waals surface area contributed by atoms with Crippen LogP contribution >= 0.6 is 0 Å². The Hall–Kier alpha value is -3.41. The molecule has 0 bridgehead atoms. The van der Waals surface area contributed by atoms with Crippen LogP contribution in [-0.2, 0) is 13.0 Å². The molecule has 4 aromatic rings. The van der Waals surface area contributed by atoms with E-state index in [1.54, 1.807) is 0 Å². The number of carbonyl (C=O) groups excluding carboxylic acids is 1. The molecule has 2 aromatic carbocycles. The number of unbranched alkanes of at least 4 members (excludes halogenated alkanes) is 4. The Morgan fingerprint density at radius 2 is 1.62 bits per heavy atom. The predicted octanol–water partition coefficient (Wildman–Crippen LogP) is 5.11. The van der Waals surface area contributed by atoms with Gasteiger partial charge in [0.1, 0.15) is 16.9 Å². The van der Waals surface area contributed by atoms with Crippen molar-refractivity contribution in [2.45, 2.75) is 52.0 Å². The number of aryl methyl sites for hydroxylation is 2. The molecule has 1 amide bonds. The van der Waals surface area contributed by atoms with Crippen molar-refractivity contribution in [3.63, 3.8) is 0 Å². The minimum absolute atomic E-state index is 0.175. The van der Waals surface area contributed by atoms with Crippen molar-refractivity contribution in [2.24, 2.45) is 0 Å². The maximum Gasteiger partial charge on any atom is 0.257 e. The van der Waals surface area contributed by atoms with Gasteiger partial charge in [-0.15, -0.1) is 0 Å². The summed E-state index contributed by atoms with van der Waals surface area (Å²) >= 11 is 0. The van der Waals surface area contributed by atoms with E-state index in [0.29, 0.717) is 35.6 Å². The van der Waals surface area contributed by atoms with Crippen LogP contribution in [0, 0.1) is 0 Å². The lowest BCUT2D eigenvalue weighted by atomic mass is 10.1. The van der Waals surface area contributed by atoms with Crippen LogP contribution in [0.2, 0.25) is 0 Å². The Morgan fingerprint density at radius 1 is 0.938 bits per heavy atom. The first kappa shape index (κ1) is 21.8. The third-order valence-electron chi connectivity index (χ3n) is 5.85. The molecule has 0 atom stereocenters. The Kier molecular flexibility index (Phi) is 7.00. The summed E-state index contributed by atoms with van der Waals surface area (Å²) in [5.41, 5.74) is 11.0. The average molecular weight is 430 g/mol. The summed E-state index contributed by atoms with van der Waals surface area (Å²) in [6.45, 7) is 3.46. The summed E-state index contributed by atoms with van der Waals surface area (Å²) in [7, 11) is 0. The Bertz CT molecular complexity index is 1200. The van der Waals surface area contributed by atoms with Gasteiger partial charge in [0.05, 0.1) is 11.0 Å². The van der Waals surface area contributed by atoms with Crippen molar-refractivity contribution in [3.05, 3.63) is 65.7 Å². The summed E-state index contributed by atoms with van der Waals surface area (Å²) in [6, 6.07) is 18.0. The van der Waals surface area contributed by atoms with E-state index in [2.05, 4.69) is 24.4 Å². The summed E-state index contributed by atoms with van der Waals surface area (Å²) in [5, 5.41) is 3.04. The third-order valence-corrected chi connectivity index (χ3v) is 5.85. The van der Waals surface area contributed by atoms with Crippen molar-refractivity contribution in [1.82, 2.24) is 19.9 Å². The maximum absolute atomic E-state index is 13.1. The van der Waals surface area contributed by atoms with Crippen LogP contribution in [-0.4, -0.2) is 27.0 Å². The van der Waals surface area contributed by atoms with E-state index in [4.69, 9.17) is 15.7 Å². The summed E-state index contributed by atoms with van der Waals surface area (Å²) in [5.74, 6) is 0.251. The number of hydrogen-bond acceptors (Lipinski definition) is 4. The molecule has 6 nitrogen and oxygen atoms in total. The highest BCUT2D eigenvalue weighted by molar-refractivity contribution is 6.10. The van der Waals surface area contributed by atoms with Crippen LogP contribution in [0.4, 0.5) is 5.82 Å². The number of nitrogen functional groups attached to an aromatic ring is 1.